The first-order chi connectivity index (χ1) is 10.7. The van der Waals surface area contributed by atoms with Crippen molar-refractivity contribution in [3.63, 3.8) is 0 Å². The van der Waals surface area contributed by atoms with Crippen molar-refractivity contribution in [2.45, 2.75) is 52.4 Å². The second kappa shape index (κ2) is 10.4. The molecule has 0 fully saturated rings. The summed E-state index contributed by atoms with van der Waals surface area (Å²) in [6.07, 6.45) is 12.3. The van der Waals surface area contributed by atoms with E-state index in [1.807, 2.05) is 12.2 Å². The molecule has 0 aromatic heterocycles. The molecule has 1 nitrogen and oxygen atoms in total. The van der Waals surface area contributed by atoms with E-state index in [1.165, 1.54) is 45.1 Å². The fraction of sp³-hybridized carbons (Fsp3) is 0.750. The van der Waals surface area contributed by atoms with Crippen LogP contribution < -0.4 is 4.90 Å². The molecule has 148 valence electrons. The summed E-state index contributed by atoms with van der Waals surface area (Å²) in [4.78, 5) is 1.59. The Hall–Kier alpha value is -0.550. The van der Waals surface area contributed by atoms with Crippen LogP contribution in [0.1, 0.15) is 52.4 Å². The molecule has 1 unspecified atom stereocenters. The molecule has 0 rings (SSSR count). The molecule has 8 heteroatoms. The first-order valence-electron chi connectivity index (χ1n) is 8.31. The predicted molar refractivity (Wildman–Crippen MR) is 92.1 cm³/mol. The standard InChI is InChI=1S/C16H31N.F6P/c1-5-8-9-10-11-16(4)12-15-17(13-6-2)14-7-3;1-7(2,3,4,5)6/h6-7,16H,2-3,5,8-15H2,1,4H3;/q;-1/p+1. The van der Waals surface area contributed by atoms with Gasteiger partial charge in [0.25, 0.3) is 0 Å². The number of unbranched alkanes of at least 4 members (excludes halogenated alkanes) is 3. The van der Waals surface area contributed by atoms with E-state index in [2.05, 4.69) is 27.0 Å². The van der Waals surface area contributed by atoms with Crippen LogP contribution in [0.3, 0.4) is 0 Å². The van der Waals surface area contributed by atoms with Gasteiger partial charge in [-0.15, -0.1) is 0 Å². The van der Waals surface area contributed by atoms with Crippen molar-refractivity contribution in [2.24, 2.45) is 5.92 Å². The first-order valence-corrected chi connectivity index (χ1v) is 10.3. The van der Waals surface area contributed by atoms with Gasteiger partial charge in [0.15, 0.2) is 0 Å². The SMILES string of the molecule is C=CC[NH+](CC=C)CCC(C)CCCCCC.F[P-](F)(F)(F)(F)F. The Morgan fingerprint density at radius 2 is 1.33 bits per heavy atom. The van der Waals surface area contributed by atoms with E-state index in [9.17, 15) is 25.2 Å². The van der Waals surface area contributed by atoms with Gasteiger partial charge in [0.05, 0.1) is 19.6 Å². The van der Waals surface area contributed by atoms with Gasteiger partial charge in [-0.05, 0) is 24.5 Å². The Kier molecular flexibility index (Phi) is 11.2. The van der Waals surface area contributed by atoms with E-state index in [0.29, 0.717) is 0 Å². The molecule has 0 aliphatic heterocycles. The Balaban J connectivity index is 0. The maximum atomic E-state index is 9.87. The molecule has 24 heavy (non-hydrogen) atoms. The molecule has 0 saturated heterocycles. The zero-order valence-electron chi connectivity index (χ0n) is 14.7. The summed E-state index contributed by atoms with van der Waals surface area (Å²) in [5.74, 6) is 0.872. The van der Waals surface area contributed by atoms with E-state index >= 15 is 0 Å². The number of rotatable bonds is 12. The van der Waals surface area contributed by atoms with E-state index in [-0.39, 0.29) is 0 Å². The van der Waals surface area contributed by atoms with E-state index in [4.69, 9.17) is 0 Å². The Morgan fingerprint density at radius 3 is 1.71 bits per heavy atom. The number of quaternary nitrogens is 1. The van der Waals surface area contributed by atoms with Gasteiger partial charge >= 0.3 is 33.0 Å². The van der Waals surface area contributed by atoms with Crippen molar-refractivity contribution in [3.8, 4) is 0 Å². The van der Waals surface area contributed by atoms with Crippen LogP contribution in [0.4, 0.5) is 25.2 Å². The normalized spacial score (nSPS) is 15.7. The average Bonchev–Trinajstić information content (AvgIpc) is 2.38. The molecular weight excluding hydrogens is 351 g/mol. The van der Waals surface area contributed by atoms with Crippen molar-refractivity contribution in [3.05, 3.63) is 25.3 Å². The van der Waals surface area contributed by atoms with Crippen LogP contribution in [0.25, 0.3) is 0 Å². The van der Waals surface area contributed by atoms with Crippen LogP contribution >= 0.6 is 7.81 Å². The summed E-state index contributed by atoms with van der Waals surface area (Å²) in [7, 11) is -10.7. The van der Waals surface area contributed by atoms with Crippen molar-refractivity contribution in [1.82, 2.24) is 0 Å². The number of hydrogen-bond acceptors (Lipinski definition) is 0. The third-order valence-electron chi connectivity index (χ3n) is 3.41. The zero-order chi connectivity index (χ0) is 19.3. The van der Waals surface area contributed by atoms with Gasteiger partial charge in [-0.2, -0.15) is 0 Å². The van der Waals surface area contributed by atoms with Crippen LogP contribution in [0, 0.1) is 5.92 Å². The molecule has 0 radical (unpaired) electrons. The van der Waals surface area contributed by atoms with Crippen molar-refractivity contribution < 1.29 is 30.1 Å². The van der Waals surface area contributed by atoms with Crippen LogP contribution in [0.15, 0.2) is 25.3 Å². The fourth-order valence-corrected chi connectivity index (χ4v) is 2.21. The van der Waals surface area contributed by atoms with Crippen molar-refractivity contribution in [1.29, 1.82) is 0 Å². The van der Waals surface area contributed by atoms with Gasteiger partial charge in [-0.1, -0.05) is 59.1 Å². The Morgan fingerprint density at radius 1 is 0.875 bits per heavy atom. The van der Waals surface area contributed by atoms with Gasteiger partial charge in [0, 0.05) is 0 Å². The molecule has 1 N–H and O–H groups in total. The van der Waals surface area contributed by atoms with Gasteiger partial charge in [-0.3, -0.25) is 0 Å². The second-order valence-electron chi connectivity index (χ2n) is 6.19. The molecule has 0 spiro atoms. The number of hydrogen-bond donors (Lipinski definition) is 1. The van der Waals surface area contributed by atoms with Gasteiger partial charge < -0.3 is 4.90 Å². The first kappa shape index (κ1) is 25.7. The van der Waals surface area contributed by atoms with Crippen molar-refractivity contribution >= 4 is 7.81 Å². The van der Waals surface area contributed by atoms with E-state index in [0.717, 1.165) is 19.0 Å². The molecule has 0 bridgehead atoms. The summed E-state index contributed by atoms with van der Waals surface area (Å²) in [5, 5.41) is 0. The second-order valence-corrected chi connectivity index (χ2v) is 8.10. The summed E-state index contributed by atoms with van der Waals surface area (Å²) < 4.78 is 59.2. The molecule has 0 heterocycles. The molecule has 0 aliphatic rings. The summed E-state index contributed by atoms with van der Waals surface area (Å²) >= 11 is 0. The van der Waals surface area contributed by atoms with Crippen molar-refractivity contribution in [2.75, 3.05) is 19.6 Å². The fourth-order valence-electron chi connectivity index (χ4n) is 2.21. The molecule has 0 saturated carbocycles. The average molecular weight is 383 g/mol. The third-order valence-corrected chi connectivity index (χ3v) is 3.41. The summed E-state index contributed by atoms with van der Waals surface area (Å²) in [6, 6.07) is 0. The van der Waals surface area contributed by atoms with Crippen LogP contribution in [-0.4, -0.2) is 19.6 Å². The molecule has 0 aromatic rings. The van der Waals surface area contributed by atoms with Gasteiger partial charge in [0.1, 0.15) is 0 Å². The number of halogens is 6. The molecule has 0 aromatic carbocycles. The molecule has 1 atom stereocenters. The predicted octanol–water partition coefficient (Wildman–Crippen LogP) is 6.62. The monoisotopic (exact) mass is 383 g/mol. The number of nitrogens with one attached hydrogen (secondary N) is 1. The Labute approximate surface area is 142 Å². The molecular formula is C16H32F6NP. The van der Waals surface area contributed by atoms with Gasteiger partial charge in [0.2, 0.25) is 0 Å². The van der Waals surface area contributed by atoms with E-state index < -0.39 is 7.81 Å². The van der Waals surface area contributed by atoms with Crippen LogP contribution in [0.5, 0.6) is 0 Å². The Bertz CT molecular complexity index is 330. The molecule has 0 amide bonds. The summed E-state index contributed by atoms with van der Waals surface area (Å²) in [5.41, 5.74) is 0. The van der Waals surface area contributed by atoms with E-state index in [1.54, 1.807) is 4.90 Å². The third kappa shape index (κ3) is 33.1. The topological polar surface area (TPSA) is 4.44 Å². The maximum absolute atomic E-state index is 10.7. The zero-order valence-corrected chi connectivity index (χ0v) is 15.6. The van der Waals surface area contributed by atoms with Crippen LogP contribution in [-0.2, 0) is 0 Å². The summed E-state index contributed by atoms with van der Waals surface area (Å²) in [6.45, 7) is 15.7. The quantitative estimate of drug-likeness (QED) is 0.167. The van der Waals surface area contributed by atoms with Gasteiger partial charge in [-0.25, -0.2) is 0 Å². The minimum atomic E-state index is -10.7. The molecule has 0 aliphatic carbocycles. The minimum absolute atomic E-state index is 0.872. The van der Waals surface area contributed by atoms with Crippen LogP contribution in [0.2, 0.25) is 0 Å².